The summed E-state index contributed by atoms with van der Waals surface area (Å²) in [7, 11) is 0. The van der Waals surface area contributed by atoms with Crippen LogP contribution in [0.1, 0.15) is 24.6 Å². The van der Waals surface area contributed by atoms with Crippen LogP contribution in [-0.4, -0.2) is 27.0 Å². The van der Waals surface area contributed by atoms with E-state index in [2.05, 4.69) is 25.9 Å². The summed E-state index contributed by atoms with van der Waals surface area (Å²) in [4.78, 5) is 21.0. The van der Waals surface area contributed by atoms with Gasteiger partial charge in [-0.25, -0.2) is 9.97 Å². The molecule has 2 heterocycles. The number of oxazole rings is 1. The third-order valence-electron chi connectivity index (χ3n) is 4.90. The van der Waals surface area contributed by atoms with Gasteiger partial charge in [-0.1, -0.05) is 42.5 Å². The molecule has 4 aromatic rings. The molecular formula is C23H24N4O2. The lowest BCUT2D eigenvalue weighted by Gasteiger charge is -2.08. The van der Waals surface area contributed by atoms with Gasteiger partial charge in [-0.05, 0) is 25.5 Å². The maximum absolute atomic E-state index is 12.1. The second-order valence-electron chi connectivity index (χ2n) is 6.99. The van der Waals surface area contributed by atoms with Gasteiger partial charge in [-0.3, -0.25) is 4.79 Å². The van der Waals surface area contributed by atoms with E-state index in [9.17, 15) is 4.79 Å². The van der Waals surface area contributed by atoms with Gasteiger partial charge < -0.3 is 14.3 Å². The minimum absolute atomic E-state index is 0.0108. The van der Waals surface area contributed by atoms with Crippen molar-refractivity contribution < 1.29 is 9.21 Å². The molecule has 2 aromatic carbocycles. The van der Waals surface area contributed by atoms with E-state index < -0.39 is 0 Å². The van der Waals surface area contributed by atoms with Gasteiger partial charge >= 0.3 is 0 Å². The molecule has 148 valence electrons. The SMILES string of the molecule is Cc1nc2ccccc2n1CCCNC(=O)CCc1ncc(-c2ccccc2)o1. The van der Waals surface area contributed by atoms with Crippen LogP contribution in [0, 0.1) is 6.92 Å². The first-order chi connectivity index (χ1) is 14.2. The zero-order chi connectivity index (χ0) is 20.1. The molecule has 2 aromatic heterocycles. The van der Waals surface area contributed by atoms with Crippen molar-refractivity contribution in [2.45, 2.75) is 32.7 Å². The number of aryl methyl sites for hydroxylation is 3. The van der Waals surface area contributed by atoms with Crippen molar-refractivity contribution >= 4 is 16.9 Å². The summed E-state index contributed by atoms with van der Waals surface area (Å²) in [5, 5.41) is 2.98. The van der Waals surface area contributed by atoms with Crippen molar-refractivity contribution in [1.29, 1.82) is 0 Å². The number of amides is 1. The fourth-order valence-electron chi connectivity index (χ4n) is 3.41. The third-order valence-corrected chi connectivity index (χ3v) is 4.90. The smallest absolute Gasteiger partial charge is 0.220 e. The number of para-hydroxylation sites is 2. The second kappa shape index (κ2) is 8.73. The Kier molecular flexibility index (Phi) is 5.70. The fourth-order valence-corrected chi connectivity index (χ4v) is 3.41. The first-order valence-corrected chi connectivity index (χ1v) is 9.89. The van der Waals surface area contributed by atoms with Crippen molar-refractivity contribution in [3.8, 4) is 11.3 Å². The monoisotopic (exact) mass is 388 g/mol. The molecular weight excluding hydrogens is 364 g/mol. The molecule has 1 N–H and O–H groups in total. The molecule has 0 atom stereocenters. The Morgan fingerprint density at radius 1 is 1.10 bits per heavy atom. The van der Waals surface area contributed by atoms with Crippen LogP contribution >= 0.6 is 0 Å². The van der Waals surface area contributed by atoms with E-state index in [0.29, 0.717) is 25.3 Å². The van der Waals surface area contributed by atoms with Crippen LogP contribution in [0.15, 0.2) is 65.2 Å². The average Bonchev–Trinajstić information content (AvgIpc) is 3.34. The lowest BCUT2D eigenvalue weighted by Crippen LogP contribution is -2.25. The molecule has 0 saturated heterocycles. The number of nitrogens with one attached hydrogen (secondary N) is 1. The quantitative estimate of drug-likeness (QED) is 0.461. The Morgan fingerprint density at radius 3 is 2.76 bits per heavy atom. The summed E-state index contributed by atoms with van der Waals surface area (Å²) in [5.41, 5.74) is 3.13. The van der Waals surface area contributed by atoms with Crippen LogP contribution in [0.2, 0.25) is 0 Å². The lowest BCUT2D eigenvalue weighted by molar-refractivity contribution is -0.121. The van der Waals surface area contributed by atoms with Crippen molar-refractivity contribution in [3.05, 3.63) is 72.5 Å². The zero-order valence-electron chi connectivity index (χ0n) is 16.5. The Hall–Kier alpha value is -3.41. The summed E-state index contributed by atoms with van der Waals surface area (Å²) in [5.74, 6) is 2.32. The third kappa shape index (κ3) is 4.54. The van der Waals surface area contributed by atoms with Crippen LogP contribution < -0.4 is 5.32 Å². The Morgan fingerprint density at radius 2 is 1.90 bits per heavy atom. The first kappa shape index (κ1) is 18.9. The molecule has 29 heavy (non-hydrogen) atoms. The number of carbonyl (C=O) groups excluding carboxylic acids is 1. The molecule has 0 spiro atoms. The van der Waals surface area contributed by atoms with Gasteiger partial charge in [0.05, 0.1) is 17.2 Å². The molecule has 0 saturated carbocycles. The zero-order valence-corrected chi connectivity index (χ0v) is 16.5. The van der Waals surface area contributed by atoms with E-state index in [1.807, 2.05) is 55.5 Å². The number of hydrogen-bond acceptors (Lipinski definition) is 4. The lowest BCUT2D eigenvalue weighted by atomic mass is 10.2. The summed E-state index contributed by atoms with van der Waals surface area (Å²) in [6, 6.07) is 17.9. The van der Waals surface area contributed by atoms with Crippen LogP contribution in [0.25, 0.3) is 22.4 Å². The minimum Gasteiger partial charge on any atom is -0.441 e. The highest BCUT2D eigenvalue weighted by Gasteiger charge is 2.09. The Balaban J connectivity index is 1.22. The Labute approximate surface area is 169 Å². The van der Waals surface area contributed by atoms with Crippen LogP contribution in [0.3, 0.4) is 0 Å². The van der Waals surface area contributed by atoms with Crippen molar-refractivity contribution in [3.63, 3.8) is 0 Å². The van der Waals surface area contributed by atoms with E-state index in [-0.39, 0.29) is 5.91 Å². The number of hydrogen-bond donors (Lipinski definition) is 1. The summed E-state index contributed by atoms with van der Waals surface area (Å²) >= 11 is 0. The van der Waals surface area contributed by atoms with E-state index in [4.69, 9.17) is 4.42 Å². The van der Waals surface area contributed by atoms with Gasteiger partial charge in [0.1, 0.15) is 5.82 Å². The number of fused-ring (bicyclic) bond motifs is 1. The van der Waals surface area contributed by atoms with Crippen molar-refractivity contribution in [1.82, 2.24) is 19.9 Å². The largest absolute Gasteiger partial charge is 0.441 e. The molecule has 4 rings (SSSR count). The predicted molar refractivity (Wildman–Crippen MR) is 112 cm³/mol. The molecule has 0 bridgehead atoms. The summed E-state index contributed by atoms with van der Waals surface area (Å²) in [6.45, 7) is 3.47. The number of nitrogens with zero attached hydrogens (tertiary/aromatic N) is 3. The molecule has 0 aliphatic heterocycles. The van der Waals surface area contributed by atoms with Crippen molar-refractivity contribution in [2.75, 3.05) is 6.54 Å². The molecule has 0 aliphatic rings. The van der Waals surface area contributed by atoms with E-state index in [0.717, 1.165) is 41.1 Å². The fraction of sp³-hybridized carbons (Fsp3) is 0.261. The molecule has 6 heteroatoms. The highest BCUT2D eigenvalue weighted by atomic mass is 16.4. The highest BCUT2D eigenvalue weighted by molar-refractivity contribution is 5.76. The van der Waals surface area contributed by atoms with Crippen LogP contribution in [0.5, 0.6) is 0 Å². The summed E-state index contributed by atoms with van der Waals surface area (Å²) in [6.07, 6.45) is 3.41. The van der Waals surface area contributed by atoms with E-state index in [1.54, 1.807) is 6.20 Å². The molecule has 0 unspecified atom stereocenters. The number of rotatable bonds is 8. The maximum Gasteiger partial charge on any atom is 0.220 e. The standard InChI is InChI=1S/C23H24N4O2/c1-17-26-19-10-5-6-11-20(19)27(17)15-7-14-24-22(28)12-13-23-25-16-21(29-23)18-8-3-2-4-9-18/h2-6,8-11,16H,7,12-15H2,1H3,(H,24,28). The first-order valence-electron chi connectivity index (χ1n) is 9.89. The van der Waals surface area contributed by atoms with Crippen molar-refractivity contribution in [2.24, 2.45) is 0 Å². The highest BCUT2D eigenvalue weighted by Crippen LogP contribution is 2.20. The number of carbonyl (C=O) groups is 1. The van der Waals surface area contributed by atoms with Gasteiger partial charge in [-0.2, -0.15) is 0 Å². The normalized spacial score (nSPS) is 11.1. The maximum atomic E-state index is 12.1. The van der Waals surface area contributed by atoms with E-state index >= 15 is 0 Å². The summed E-state index contributed by atoms with van der Waals surface area (Å²) < 4.78 is 7.94. The van der Waals surface area contributed by atoms with Gasteiger partial charge in [0.15, 0.2) is 11.7 Å². The van der Waals surface area contributed by atoms with Crippen LogP contribution in [-0.2, 0) is 17.8 Å². The molecule has 1 amide bonds. The average molecular weight is 388 g/mol. The van der Waals surface area contributed by atoms with Gasteiger partial charge in [0, 0.05) is 31.5 Å². The van der Waals surface area contributed by atoms with Gasteiger partial charge in [-0.15, -0.1) is 0 Å². The second-order valence-corrected chi connectivity index (χ2v) is 6.99. The number of imidazole rings is 1. The molecule has 0 radical (unpaired) electrons. The van der Waals surface area contributed by atoms with Gasteiger partial charge in [0.25, 0.3) is 0 Å². The van der Waals surface area contributed by atoms with Crippen LogP contribution in [0.4, 0.5) is 0 Å². The predicted octanol–water partition coefficient (Wildman–Crippen LogP) is 4.14. The number of benzene rings is 2. The topological polar surface area (TPSA) is 73.0 Å². The Bertz CT molecular complexity index is 1100. The van der Waals surface area contributed by atoms with Gasteiger partial charge in [0.2, 0.25) is 5.91 Å². The minimum atomic E-state index is 0.0108. The number of aromatic nitrogens is 3. The molecule has 0 aliphatic carbocycles. The van der Waals surface area contributed by atoms with E-state index in [1.165, 1.54) is 0 Å². The molecule has 6 nitrogen and oxygen atoms in total. The molecule has 0 fully saturated rings.